The first-order valence-corrected chi connectivity index (χ1v) is 17.0. The van der Waals surface area contributed by atoms with Crippen LogP contribution in [0.5, 0.6) is 5.75 Å². The van der Waals surface area contributed by atoms with Gasteiger partial charge in [0.25, 0.3) is 0 Å². The standard InChI is InChI=1S/C45H35N3O2/c1-5-13-33(14-6-1)46(34-15-7-2-8-16-34)38-23-27-44-42(29-38)43-30-39(47(35-17-9-3-10-18-35)36-19-11-4-12-20-36)24-28-45(43)48(44)37-21-25-40(26-22-37)49-31-41-32-50-41/h1-30,41H,31-32H2. The molecule has 242 valence electrons. The number of epoxide rings is 1. The molecule has 0 bridgehead atoms. The van der Waals surface area contributed by atoms with Crippen LogP contribution < -0.4 is 14.5 Å². The largest absolute Gasteiger partial charge is 0.491 e. The van der Waals surface area contributed by atoms with Crippen LogP contribution in [0.1, 0.15) is 0 Å². The van der Waals surface area contributed by atoms with Gasteiger partial charge in [-0.1, -0.05) is 72.8 Å². The Bertz CT molecular complexity index is 2150. The van der Waals surface area contributed by atoms with E-state index in [-0.39, 0.29) is 6.10 Å². The van der Waals surface area contributed by atoms with Crippen LogP contribution in [0.4, 0.5) is 34.1 Å². The van der Waals surface area contributed by atoms with Gasteiger partial charge in [0.1, 0.15) is 18.5 Å². The van der Waals surface area contributed by atoms with Crippen molar-refractivity contribution in [2.24, 2.45) is 0 Å². The molecule has 1 atom stereocenters. The molecule has 1 fully saturated rings. The van der Waals surface area contributed by atoms with Crippen LogP contribution in [-0.4, -0.2) is 23.9 Å². The maximum absolute atomic E-state index is 5.98. The van der Waals surface area contributed by atoms with Crippen LogP contribution in [0.15, 0.2) is 182 Å². The number of hydrogen-bond donors (Lipinski definition) is 0. The highest BCUT2D eigenvalue weighted by Crippen LogP contribution is 2.42. The third kappa shape index (κ3) is 5.74. The zero-order chi connectivity index (χ0) is 33.3. The third-order valence-corrected chi connectivity index (χ3v) is 9.24. The van der Waals surface area contributed by atoms with Crippen molar-refractivity contribution in [1.82, 2.24) is 4.57 Å². The summed E-state index contributed by atoms with van der Waals surface area (Å²) in [5.74, 6) is 0.845. The quantitative estimate of drug-likeness (QED) is 0.138. The Morgan fingerprint density at radius 2 is 0.880 bits per heavy atom. The highest BCUT2D eigenvalue weighted by Gasteiger charge is 2.23. The Labute approximate surface area is 291 Å². The average molecular weight is 650 g/mol. The number of anilines is 6. The molecule has 0 radical (unpaired) electrons. The fourth-order valence-electron chi connectivity index (χ4n) is 6.80. The number of para-hydroxylation sites is 4. The summed E-state index contributed by atoms with van der Waals surface area (Å²) in [5, 5.41) is 2.34. The highest BCUT2D eigenvalue weighted by atomic mass is 16.6. The van der Waals surface area contributed by atoms with Crippen LogP contribution >= 0.6 is 0 Å². The third-order valence-electron chi connectivity index (χ3n) is 9.24. The summed E-state index contributed by atoms with van der Waals surface area (Å²) >= 11 is 0. The Kier molecular flexibility index (Phi) is 7.72. The lowest BCUT2D eigenvalue weighted by Gasteiger charge is -2.26. The van der Waals surface area contributed by atoms with E-state index in [4.69, 9.17) is 9.47 Å². The van der Waals surface area contributed by atoms with Crippen molar-refractivity contribution in [2.45, 2.75) is 6.10 Å². The molecular formula is C45H35N3O2. The monoisotopic (exact) mass is 649 g/mol. The first kappa shape index (κ1) is 29.8. The van der Waals surface area contributed by atoms with Gasteiger partial charge in [-0.05, 0) is 109 Å². The maximum Gasteiger partial charge on any atom is 0.119 e. The van der Waals surface area contributed by atoms with Gasteiger partial charge in [-0.2, -0.15) is 0 Å². The van der Waals surface area contributed by atoms with E-state index >= 15 is 0 Å². The predicted molar refractivity (Wildman–Crippen MR) is 205 cm³/mol. The second-order valence-corrected chi connectivity index (χ2v) is 12.5. The lowest BCUT2D eigenvalue weighted by molar-refractivity contribution is 0.263. The van der Waals surface area contributed by atoms with Gasteiger partial charge in [-0.25, -0.2) is 0 Å². The molecule has 1 unspecified atom stereocenters. The molecule has 0 amide bonds. The number of ether oxygens (including phenoxy) is 2. The Morgan fingerprint density at radius 3 is 1.26 bits per heavy atom. The molecule has 0 spiro atoms. The van der Waals surface area contributed by atoms with Crippen LogP contribution in [0.25, 0.3) is 27.5 Å². The van der Waals surface area contributed by atoms with Crippen molar-refractivity contribution in [3.8, 4) is 11.4 Å². The van der Waals surface area contributed by atoms with E-state index in [1.54, 1.807) is 0 Å². The molecule has 2 heterocycles. The normalized spacial score (nSPS) is 13.7. The van der Waals surface area contributed by atoms with E-state index in [0.29, 0.717) is 6.61 Å². The Morgan fingerprint density at radius 1 is 0.480 bits per heavy atom. The summed E-state index contributed by atoms with van der Waals surface area (Å²) < 4.78 is 13.7. The van der Waals surface area contributed by atoms with Crippen LogP contribution in [-0.2, 0) is 4.74 Å². The molecule has 9 rings (SSSR count). The maximum atomic E-state index is 5.98. The molecule has 5 heteroatoms. The van der Waals surface area contributed by atoms with Crippen molar-refractivity contribution in [3.63, 3.8) is 0 Å². The fourth-order valence-corrected chi connectivity index (χ4v) is 6.80. The van der Waals surface area contributed by atoms with Crippen molar-refractivity contribution in [3.05, 3.63) is 182 Å². The van der Waals surface area contributed by atoms with E-state index in [2.05, 4.69) is 196 Å². The van der Waals surface area contributed by atoms with E-state index in [1.165, 1.54) is 10.8 Å². The average Bonchev–Trinajstić information content (AvgIpc) is 3.97. The van der Waals surface area contributed by atoms with E-state index in [1.807, 2.05) is 0 Å². The highest BCUT2D eigenvalue weighted by molar-refractivity contribution is 6.12. The summed E-state index contributed by atoms with van der Waals surface area (Å²) in [5.41, 5.74) is 9.94. The molecule has 1 aliphatic rings. The molecule has 1 aromatic heterocycles. The fraction of sp³-hybridized carbons (Fsp3) is 0.0667. The second kappa shape index (κ2) is 13.0. The van der Waals surface area contributed by atoms with Crippen molar-refractivity contribution in [1.29, 1.82) is 0 Å². The first-order chi connectivity index (χ1) is 24.8. The van der Waals surface area contributed by atoms with Crippen LogP contribution in [0.2, 0.25) is 0 Å². The summed E-state index contributed by atoms with van der Waals surface area (Å²) in [4.78, 5) is 4.64. The summed E-state index contributed by atoms with van der Waals surface area (Å²) in [6, 6.07) is 64.3. The second-order valence-electron chi connectivity index (χ2n) is 12.5. The van der Waals surface area contributed by atoms with Gasteiger partial charge in [0, 0.05) is 50.6 Å². The lowest BCUT2D eigenvalue weighted by atomic mass is 10.1. The Balaban J connectivity index is 1.25. The van der Waals surface area contributed by atoms with Crippen molar-refractivity contribution in [2.75, 3.05) is 23.0 Å². The zero-order valence-corrected chi connectivity index (χ0v) is 27.5. The number of benzene rings is 7. The minimum absolute atomic E-state index is 0.216. The van der Waals surface area contributed by atoms with Gasteiger partial charge in [-0.15, -0.1) is 0 Å². The van der Waals surface area contributed by atoms with Gasteiger partial charge >= 0.3 is 0 Å². The zero-order valence-electron chi connectivity index (χ0n) is 27.5. The number of aromatic nitrogens is 1. The molecule has 5 nitrogen and oxygen atoms in total. The first-order valence-electron chi connectivity index (χ1n) is 17.0. The summed E-state index contributed by atoms with van der Waals surface area (Å²) in [7, 11) is 0. The molecule has 0 saturated carbocycles. The Hall–Kier alpha value is -6.30. The smallest absolute Gasteiger partial charge is 0.119 e. The number of rotatable bonds is 10. The van der Waals surface area contributed by atoms with Gasteiger partial charge in [-0.3, -0.25) is 0 Å². The molecule has 0 aliphatic carbocycles. The van der Waals surface area contributed by atoms with E-state index in [9.17, 15) is 0 Å². The summed E-state index contributed by atoms with van der Waals surface area (Å²) in [6.07, 6.45) is 0.216. The van der Waals surface area contributed by atoms with Gasteiger partial charge in [0.15, 0.2) is 0 Å². The molecule has 7 aromatic carbocycles. The topological polar surface area (TPSA) is 33.2 Å². The lowest BCUT2D eigenvalue weighted by Crippen LogP contribution is -2.09. The van der Waals surface area contributed by atoms with Crippen molar-refractivity contribution < 1.29 is 9.47 Å². The van der Waals surface area contributed by atoms with E-state index < -0.39 is 0 Å². The van der Waals surface area contributed by atoms with E-state index in [0.717, 1.165) is 63.2 Å². The molecule has 1 aliphatic heterocycles. The van der Waals surface area contributed by atoms with Gasteiger partial charge < -0.3 is 23.8 Å². The molecular weight excluding hydrogens is 615 g/mol. The number of nitrogens with zero attached hydrogens (tertiary/aromatic N) is 3. The minimum Gasteiger partial charge on any atom is -0.491 e. The predicted octanol–water partition coefficient (Wildman–Crippen LogP) is 11.5. The molecule has 1 saturated heterocycles. The minimum atomic E-state index is 0.216. The summed E-state index contributed by atoms with van der Waals surface area (Å²) in [6.45, 7) is 1.36. The number of fused-ring (bicyclic) bond motifs is 3. The van der Waals surface area contributed by atoms with Crippen LogP contribution in [0.3, 0.4) is 0 Å². The molecule has 8 aromatic rings. The van der Waals surface area contributed by atoms with Gasteiger partial charge in [0.05, 0.1) is 17.6 Å². The molecule has 50 heavy (non-hydrogen) atoms. The molecule has 0 N–H and O–H groups in total. The van der Waals surface area contributed by atoms with Gasteiger partial charge in [0.2, 0.25) is 0 Å². The number of hydrogen-bond acceptors (Lipinski definition) is 4. The SMILES string of the molecule is c1ccc(N(c2ccccc2)c2ccc3c(c2)c2cc(N(c4ccccc4)c4ccccc4)ccc2n3-c2ccc(OCC3CO3)cc2)cc1. The van der Waals surface area contributed by atoms with Crippen LogP contribution in [0, 0.1) is 0 Å². The van der Waals surface area contributed by atoms with Crippen molar-refractivity contribution >= 4 is 55.9 Å².